The van der Waals surface area contributed by atoms with E-state index < -0.39 is 0 Å². The Balaban J connectivity index is 1.69. The summed E-state index contributed by atoms with van der Waals surface area (Å²) in [6.45, 7) is 3.35. The first-order chi connectivity index (χ1) is 10.2. The minimum absolute atomic E-state index is 0.0543. The molecule has 1 aromatic heterocycles. The monoisotopic (exact) mass is 302 g/mol. The Kier molecular flexibility index (Phi) is 4.41. The molecule has 3 rings (SSSR count). The maximum absolute atomic E-state index is 12.1. The number of aryl methyl sites for hydroxylation is 1. The number of para-hydroxylation sites is 1. The number of benzene rings is 1. The van der Waals surface area contributed by atoms with Crippen molar-refractivity contribution >= 4 is 27.9 Å². The number of aromatic nitrogens is 1. The van der Waals surface area contributed by atoms with Gasteiger partial charge in [-0.05, 0) is 43.7 Å². The van der Waals surface area contributed by atoms with Gasteiger partial charge < -0.3 is 10.1 Å². The molecule has 0 spiro atoms. The Hall–Kier alpha value is -1.59. The Morgan fingerprint density at radius 1 is 1.43 bits per heavy atom. The molecular weight excluding hydrogens is 284 g/mol. The molecule has 1 fully saturated rings. The quantitative estimate of drug-likeness (QED) is 0.881. The van der Waals surface area contributed by atoms with Gasteiger partial charge in [0.2, 0.25) is 0 Å². The number of carbonyl (C=O) groups is 1. The van der Waals surface area contributed by atoms with Crippen LogP contribution in [0.25, 0.3) is 10.9 Å². The lowest BCUT2D eigenvalue weighted by molar-refractivity contribution is 0.112. The highest BCUT2D eigenvalue weighted by Gasteiger charge is 2.17. The number of pyridine rings is 1. The third kappa shape index (κ3) is 3.54. The van der Waals surface area contributed by atoms with Crippen molar-refractivity contribution in [2.24, 2.45) is 0 Å². The van der Waals surface area contributed by atoms with Gasteiger partial charge in [0.25, 0.3) is 5.24 Å². The van der Waals surface area contributed by atoms with E-state index in [1.54, 1.807) is 0 Å². The summed E-state index contributed by atoms with van der Waals surface area (Å²) >= 11 is 1.20. The van der Waals surface area contributed by atoms with E-state index in [4.69, 9.17) is 4.74 Å². The minimum atomic E-state index is -0.0543. The smallest absolute Gasteiger partial charge is 0.284 e. The summed E-state index contributed by atoms with van der Waals surface area (Å²) < 4.78 is 5.50. The van der Waals surface area contributed by atoms with E-state index in [9.17, 15) is 4.79 Å². The highest BCUT2D eigenvalue weighted by molar-refractivity contribution is 8.13. The zero-order valence-electron chi connectivity index (χ0n) is 12.0. The molecule has 4 nitrogen and oxygen atoms in total. The fourth-order valence-electron chi connectivity index (χ4n) is 2.44. The average Bonchev–Trinajstić information content (AvgIpc) is 2.99. The van der Waals surface area contributed by atoms with Crippen LogP contribution in [0.2, 0.25) is 0 Å². The second-order valence-electron chi connectivity index (χ2n) is 5.19. The second-order valence-corrected chi connectivity index (χ2v) is 6.20. The molecule has 0 unspecified atom stereocenters. The summed E-state index contributed by atoms with van der Waals surface area (Å²) in [5, 5.41) is 3.92. The molecule has 110 valence electrons. The van der Waals surface area contributed by atoms with E-state index in [1.165, 1.54) is 11.8 Å². The van der Waals surface area contributed by atoms with Crippen LogP contribution in [0.15, 0.2) is 35.2 Å². The number of hydrogen-bond donors (Lipinski definition) is 1. The molecule has 2 heterocycles. The number of thioether (sulfide) groups is 1. The van der Waals surface area contributed by atoms with Crippen molar-refractivity contribution in [1.82, 2.24) is 10.3 Å². The number of carbonyl (C=O) groups excluding carboxylic acids is 1. The molecule has 1 atom stereocenters. The topological polar surface area (TPSA) is 51.2 Å². The molecule has 5 heteroatoms. The number of nitrogens with zero attached hydrogens (tertiary/aromatic N) is 1. The maximum Gasteiger partial charge on any atom is 0.284 e. The molecule has 0 bridgehead atoms. The van der Waals surface area contributed by atoms with Crippen LogP contribution in [0.4, 0.5) is 4.79 Å². The summed E-state index contributed by atoms with van der Waals surface area (Å²) in [6.07, 6.45) is 2.28. The fraction of sp³-hybridized carbons (Fsp3) is 0.375. The number of hydrogen-bond acceptors (Lipinski definition) is 4. The van der Waals surface area contributed by atoms with Crippen molar-refractivity contribution in [3.05, 3.63) is 36.0 Å². The molecular formula is C16H18N2O2S. The molecule has 1 aliphatic rings. The van der Waals surface area contributed by atoms with Gasteiger partial charge in [0.1, 0.15) is 0 Å². The largest absolute Gasteiger partial charge is 0.376 e. The van der Waals surface area contributed by atoms with E-state index in [1.807, 2.05) is 37.3 Å². The number of fused-ring (bicyclic) bond motifs is 1. The van der Waals surface area contributed by atoms with Crippen LogP contribution in [0.5, 0.6) is 0 Å². The lowest BCUT2D eigenvalue weighted by Crippen LogP contribution is -2.28. The normalized spacial score (nSPS) is 18.0. The van der Waals surface area contributed by atoms with Crippen LogP contribution in [-0.4, -0.2) is 29.5 Å². The van der Waals surface area contributed by atoms with Gasteiger partial charge in [-0.2, -0.15) is 0 Å². The summed E-state index contributed by atoms with van der Waals surface area (Å²) in [7, 11) is 0. The molecule has 1 N–H and O–H groups in total. The first-order valence-electron chi connectivity index (χ1n) is 7.16. The summed E-state index contributed by atoms with van der Waals surface area (Å²) in [4.78, 5) is 17.5. The van der Waals surface area contributed by atoms with E-state index >= 15 is 0 Å². The van der Waals surface area contributed by atoms with Gasteiger partial charge in [0.15, 0.2) is 0 Å². The van der Waals surface area contributed by atoms with Crippen molar-refractivity contribution in [2.75, 3.05) is 13.2 Å². The molecule has 2 aromatic rings. The highest BCUT2D eigenvalue weighted by atomic mass is 32.2. The lowest BCUT2D eigenvalue weighted by Gasteiger charge is -2.11. The van der Waals surface area contributed by atoms with Crippen molar-refractivity contribution in [1.29, 1.82) is 0 Å². The standard InChI is InChI=1S/C16H18N2O2S/c1-11-7-8-12-4-2-6-14(15(12)18-11)21-16(19)17-10-13-5-3-9-20-13/h2,4,6-8,13H,3,5,9-10H2,1H3,(H,17,19)/t13-/m1/s1. The van der Waals surface area contributed by atoms with Crippen molar-refractivity contribution in [2.45, 2.75) is 30.8 Å². The van der Waals surface area contributed by atoms with E-state index in [2.05, 4.69) is 10.3 Å². The van der Waals surface area contributed by atoms with Crippen LogP contribution >= 0.6 is 11.8 Å². The van der Waals surface area contributed by atoms with E-state index in [0.717, 1.165) is 40.9 Å². The van der Waals surface area contributed by atoms with E-state index in [-0.39, 0.29) is 11.3 Å². The number of ether oxygens (including phenoxy) is 1. The van der Waals surface area contributed by atoms with Crippen molar-refractivity contribution in [3.8, 4) is 0 Å². The molecule has 0 saturated carbocycles. The first kappa shape index (κ1) is 14.4. The molecule has 1 amide bonds. The molecule has 0 aliphatic carbocycles. The van der Waals surface area contributed by atoms with Crippen LogP contribution in [0.1, 0.15) is 18.5 Å². The van der Waals surface area contributed by atoms with Gasteiger partial charge in [0, 0.05) is 29.1 Å². The minimum Gasteiger partial charge on any atom is -0.376 e. The van der Waals surface area contributed by atoms with Crippen LogP contribution in [0, 0.1) is 6.92 Å². The maximum atomic E-state index is 12.1. The van der Waals surface area contributed by atoms with Crippen LogP contribution < -0.4 is 5.32 Å². The Morgan fingerprint density at radius 2 is 2.33 bits per heavy atom. The van der Waals surface area contributed by atoms with Crippen molar-refractivity contribution < 1.29 is 9.53 Å². The van der Waals surface area contributed by atoms with Gasteiger partial charge in [-0.1, -0.05) is 18.2 Å². The Labute approximate surface area is 128 Å². The summed E-state index contributed by atoms with van der Waals surface area (Å²) in [5.74, 6) is 0. The molecule has 1 saturated heterocycles. The number of amides is 1. The van der Waals surface area contributed by atoms with Crippen LogP contribution in [0.3, 0.4) is 0 Å². The molecule has 1 aromatic carbocycles. The number of rotatable bonds is 3. The summed E-state index contributed by atoms with van der Waals surface area (Å²) in [6, 6.07) is 9.91. The first-order valence-corrected chi connectivity index (χ1v) is 7.98. The molecule has 1 aliphatic heterocycles. The molecule has 21 heavy (non-hydrogen) atoms. The lowest BCUT2D eigenvalue weighted by atomic mass is 10.2. The van der Waals surface area contributed by atoms with Gasteiger partial charge in [-0.15, -0.1) is 0 Å². The van der Waals surface area contributed by atoms with Gasteiger partial charge in [-0.3, -0.25) is 9.78 Å². The molecule has 0 radical (unpaired) electrons. The predicted octanol–water partition coefficient (Wildman–Crippen LogP) is 3.52. The third-order valence-electron chi connectivity index (χ3n) is 3.52. The van der Waals surface area contributed by atoms with Crippen LogP contribution in [-0.2, 0) is 4.74 Å². The van der Waals surface area contributed by atoms with Gasteiger partial charge >= 0.3 is 0 Å². The Bertz CT molecular complexity index is 654. The SMILES string of the molecule is Cc1ccc2cccc(SC(=O)NC[C@H]3CCCO3)c2n1. The third-order valence-corrected chi connectivity index (χ3v) is 4.40. The zero-order chi connectivity index (χ0) is 14.7. The van der Waals surface area contributed by atoms with Gasteiger partial charge in [-0.25, -0.2) is 0 Å². The second kappa shape index (κ2) is 6.45. The fourth-order valence-corrected chi connectivity index (χ4v) is 3.20. The van der Waals surface area contributed by atoms with Gasteiger partial charge in [0.05, 0.1) is 11.6 Å². The summed E-state index contributed by atoms with van der Waals surface area (Å²) in [5.41, 5.74) is 1.84. The van der Waals surface area contributed by atoms with Crippen molar-refractivity contribution in [3.63, 3.8) is 0 Å². The average molecular weight is 302 g/mol. The highest BCUT2D eigenvalue weighted by Crippen LogP contribution is 2.27. The van der Waals surface area contributed by atoms with E-state index in [0.29, 0.717) is 6.54 Å². The predicted molar refractivity (Wildman–Crippen MR) is 84.7 cm³/mol. The zero-order valence-corrected chi connectivity index (χ0v) is 12.8. The Morgan fingerprint density at radius 3 is 3.14 bits per heavy atom. The number of nitrogens with one attached hydrogen (secondary N) is 1.